The lowest BCUT2D eigenvalue weighted by Gasteiger charge is -2.12. The van der Waals surface area contributed by atoms with Crippen molar-refractivity contribution in [3.63, 3.8) is 0 Å². The predicted molar refractivity (Wildman–Crippen MR) is 68.7 cm³/mol. The van der Waals surface area contributed by atoms with Crippen LogP contribution in [0.5, 0.6) is 0 Å². The van der Waals surface area contributed by atoms with E-state index >= 15 is 0 Å². The summed E-state index contributed by atoms with van der Waals surface area (Å²) in [7, 11) is 0. The third-order valence-corrected chi connectivity index (χ3v) is 3.31. The zero-order chi connectivity index (χ0) is 11.4. The van der Waals surface area contributed by atoms with Crippen molar-refractivity contribution in [2.75, 3.05) is 5.32 Å². The van der Waals surface area contributed by atoms with E-state index < -0.39 is 6.04 Å². The minimum atomic E-state index is -0.469. The van der Waals surface area contributed by atoms with Gasteiger partial charge in [0.2, 0.25) is 5.91 Å². The van der Waals surface area contributed by atoms with Gasteiger partial charge in [0.15, 0.2) is 0 Å². The van der Waals surface area contributed by atoms with E-state index in [0.717, 1.165) is 8.95 Å². The fourth-order valence-electron chi connectivity index (χ4n) is 1.02. The summed E-state index contributed by atoms with van der Waals surface area (Å²) < 4.78 is 1.65. The van der Waals surface area contributed by atoms with Gasteiger partial charge in [0.25, 0.3) is 0 Å². The second-order valence-electron chi connectivity index (χ2n) is 3.10. The molecule has 0 radical (unpaired) electrons. The molecule has 0 aliphatic heterocycles. The van der Waals surface area contributed by atoms with Gasteiger partial charge in [-0.15, -0.1) is 0 Å². The van der Waals surface area contributed by atoms with E-state index in [1.165, 1.54) is 0 Å². The number of carbonyl (C=O) groups excluding carboxylic acids is 1. The van der Waals surface area contributed by atoms with Gasteiger partial charge >= 0.3 is 0 Å². The second kappa shape index (κ2) is 5.63. The SMILES string of the molecule is CCC(N)C(=O)Nc1c(Br)cccc1Br. The molecule has 82 valence electrons. The van der Waals surface area contributed by atoms with Crippen LogP contribution in [-0.4, -0.2) is 11.9 Å². The molecule has 15 heavy (non-hydrogen) atoms. The number of nitrogens with one attached hydrogen (secondary N) is 1. The highest BCUT2D eigenvalue weighted by Crippen LogP contribution is 2.30. The highest BCUT2D eigenvalue weighted by molar-refractivity contribution is 9.11. The number of carbonyl (C=O) groups is 1. The number of rotatable bonds is 3. The Kier molecular flexibility index (Phi) is 4.76. The van der Waals surface area contributed by atoms with Crippen LogP contribution in [0.3, 0.4) is 0 Å². The summed E-state index contributed by atoms with van der Waals surface area (Å²) in [5.41, 5.74) is 6.34. The molecule has 0 spiro atoms. The molecule has 0 saturated heterocycles. The fraction of sp³-hybridized carbons (Fsp3) is 0.300. The first-order chi connectivity index (χ1) is 7.06. The molecule has 0 fully saturated rings. The Labute approximate surface area is 106 Å². The molecule has 3 nitrogen and oxygen atoms in total. The van der Waals surface area contributed by atoms with Crippen molar-refractivity contribution in [3.8, 4) is 0 Å². The Hall–Kier alpha value is -0.390. The number of benzene rings is 1. The summed E-state index contributed by atoms with van der Waals surface area (Å²) in [4.78, 5) is 11.6. The van der Waals surface area contributed by atoms with Crippen LogP contribution < -0.4 is 11.1 Å². The van der Waals surface area contributed by atoms with Crippen LogP contribution in [0.4, 0.5) is 5.69 Å². The van der Waals surface area contributed by atoms with Crippen molar-refractivity contribution >= 4 is 43.5 Å². The number of para-hydroxylation sites is 1. The van der Waals surface area contributed by atoms with E-state index in [1.807, 2.05) is 25.1 Å². The van der Waals surface area contributed by atoms with Gasteiger partial charge in [-0.1, -0.05) is 13.0 Å². The van der Waals surface area contributed by atoms with E-state index in [4.69, 9.17) is 5.73 Å². The molecular weight excluding hydrogens is 324 g/mol. The number of anilines is 1. The smallest absolute Gasteiger partial charge is 0.241 e. The molecule has 0 aliphatic rings. The van der Waals surface area contributed by atoms with Crippen LogP contribution >= 0.6 is 31.9 Å². The van der Waals surface area contributed by atoms with Crippen LogP contribution in [0, 0.1) is 0 Å². The molecule has 5 heteroatoms. The van der Waals surface area contributed by atoms with E-state index in [-0.39, 0.29) is 5.91 Å². The Bertz CT molecular complexity index is 348. The van der Waals surface area contributed by atoms with Gasteiger partial charge < -0.3 is 11.1 Å². The Morgan fingerprint density at radius 3 is 2.47 bits per heavy atom. The average molecular weight is 336 g/mol. The first-order valence-electron chi connectivity index (χ1n) is 4.56. The molecule has 1 aromatic carbocycles. The normalized spacial score (nSPS) is 12.3. The molecule has 0 aromatic heterocycles. The Morgan fingerprint density at radius 2 is 2.00 bits per heavy atom. The van der Waals surface area contributed by atoms with E-state index in [2.05, 4.69) is 37.2 Å². The molecule has 1 atom stereocenters. The van der Waals surface area contributed by atoms with Crippen molar-refractivity contribution in [2.45, 2.75) is 19.4 Å². The quantitative estimate of drug-likeness (QED) is 0.892. The molecule has 0 bridgehead atoms. The lowest BCUT2D eigenvalue weighted by Crippen LogP contribution is -2.35. The first kappa shape index (κ1) is 12.7. The molecule has 0 saturated carbocycles. The van der Waals surface area contributed by atoms with Crippen LogP contribution in [0.15, 0.2) is 27.1 Å². The van der Waals surface area contributed by atoms with Gasteiger partial charge in [0.1, 0.15) is 0 Å². The predicted octanol–water partition coefficient (Wildman–Crippen LogP) is 2.89. The zero-order valence-electron chi connectivity index (χ0n) is 8.26. The molecule has 1 unspecified atom stereocenters. The van der Waals surface area contributed by atoms with Gasteiger partial charge in [0, 0.05) is 8.95 Å². The van der Waals surface area contributed by atoms with Crippen LogP contribution in [0.25, 0.3) is 0 Å². The lowest BCUT2D eigenvalue weighted by molar-refractivity contribution is -0.117. The first-order valence-corrected chi connectivity index (χ1v) is 6.15. The third-order valence-electron chi connectivity index (χ3n) is 1.99. The standard InChI is InChI=1S/C10H12Br2N2O/c1-2-8(13)10(15)14-9-6(11)4-3-5-7(9)12/h3-5,8H,2,13H2,1H3,(H,14,15). The monoisotopic (exact) mass is 334 g/mol. The second-order valence-corrected chi connectivity index (χ2v) is 4.81. The van der Waals surface area contributed by atoms with E-state index in [9.17, 15) is 4.79 Å². The van der Waals surface area contributed by atoms with Gasteiger partial charge in [-0.05, 0) is 50.4 Å². The van der Waals surface area contributed by atoms with Gasteiger partial charge in [-0.2, -0.15) is 0 Å². The molecular formula is C10H12Br2N2O. The number of hydrogen-bond acceptors (Lipinski definition) is 2. The van der Waals surface area contributed by atoms with Gasteiger partial charge in [-0.25, -0.2) is 0 Å². The van der Waals surface area contributed by atoms with Crippen LogP contribution in [0.2, 0.25) is 0 Å². The minimum Gasteiger partial charge on any atom is -0.323 e. The van der Waals surface area contributed by atoms with Crippen LogP contribution in [-0.2, 0) is 4.79 Å². The maximum absolute atomic E-state index is 11.6. The fourth-order valence-corrected chi connectivity index (χ4v) is 2.22. The largest absolute Gasteiger partial charge is 0.323 e. The highest BCUT2D eigenvalue weighted by Gasteiger charge is 2.13. The van der Waals surface area contributed by atoms with Crippen molar-refractivity contribution in [2.24, 2.45) is 5.73 Å². The molecule has 3 N–H and O–H groups in total. The lowest BCUT2D eigenvalue weighted by atomic mass is 10.2. The van der Waals surface area contributed by atoms with Gasteiger partial charge in [-0.3, -0.25) is 4.79 Å². The van der Waals surface area contributed by atoms with Crippen molar-refractivity contribution in [3.05, 3.63) is 27.1 Å². The summed E-state index contributed by atoms with van der Waals surface area (Å²) >= 11 is 6.72. The summed E-state index contributed by atoms with van der Waals surface area (Å²) in [6, 6.07) is 5.13. The highest BCUT2D eigenvalue weighted by atomic mass is 79.9. The van der Waals surface area contributed by atoms with Crippen LogP contribution in [0.1, 0.15) is 13.3 Å². The number of amides is 1. The maximum atomic E-state index is 11.6. The number of halogens is 2. The molecule has 0 heterocycles. The number of hydrogen-bond donors (Lipinski definition) is 2. The zero-order valence-corrected chi connectivity index (χ0v) is 11.4. The topological polar surface area (TPSA) is 55.1 Å². The summed E-state index contributed by atoms with van der Waals surface area (Å²) in [5.74, 6) is -0.176. The summed E-state index contributed by atoms with van der Waals surface area (Å²) in [6.45, 7) is 1.87. The third kappa shape index (κ3) is 3.29. The number of nitrogens with two attached hydrogens (primary N) is 1. The summed E-state index contributed by atoms with van der Waals surface area (Å²) in [5, 5.41) is 2.77. The van der Waals surface area contributed by atoms with E-state index in [0.29, 0.717) is 12.1 Å². The van der Waals surface area contributed by atoms with Gasteiger partial charge in [0.05, 0.1) is 11.7 Å². The van der Waals surface area contributed by atoms with Crippen molar-refractivity contribution in [1.82, 2.24) is 0 Å². The maximum Gasteiger partial charge on any atom is 0.241 e. The average Bonchev–Trinajstić information content (AvgIpc) is 2.22. The molecule has 1 amide bonds. The molecule has 0 aliphatic carbocycles. The van der Waals surface area contributed by atoms with E-state index in [1.54, 1.807) is 0 Å². The molecule has 1 rings (SSSR count). The molecule has 1 aromatic rings. The summed E-state index contributed by atoms with van der Waals surface area (Å²) in [6.07, 6.45) is 0.619. The van der Waals surface area contributed by atoms with Crippen molar-refractivity contribution in [1.29, 1.82) is 0 Å². The Balaban J connectivity index is 2.85. The minimum absolute atomic E-state index is 0.176. The van der Waals surface area contributed by atoms with Crippen molar-refractivity contribution < 1.29 is 4.79 Å². The Morgan fingerprint density at radius 1 is 1.47 bits per heavy atom.